The highest BCUT2D eigenvalue weighted by molar-refractivity contribution is 6.36. The fourth-order valence-electron chi connectivity index (χ4n) is 2.80. The van der Waals surface area contributed by atoms with Crippen LogP contribution in [0, 0.1) is 0 Å². The van der Waals surface area contributed by atoms with E-state index in [0.29, 0.717) is 34.6 Å². The number of hydrogen-bond donors (Lipinski definition) is 0. The molecule has 126 valence electrons. The smallest absolute Gasteiger partial charge is 0.255 e. The minimum absolute atomic E-state index is 0.0660. The summed E-state index contributed by atoms with van der Waals surface area (Å²) in [5.41, 5.74) is 1.34. The van der Waals surface area contributed by atoms with Crippen LogP contribution in [-0.2, 0) is 0 Å². The second-order valence-electron chi connectivity index (χ2n) is 5.92. The molecule has 2 aromatic carbocycles. The number of likely N-dealkylation sites (tertiary alicyclic amines) is 1. The third-order valence-electron chi connectivity index (χ3n) is 4.16. The van der Waals surface area contributed by atoms with E-state index in [1.807, 2.05) is 36.4 Å². The zero-order chi connectivity index (χ0) is 17.4. The summed E-state index contributed by atoms with van der Waals surface area (Å²) in [6, 6.07) is 16.6. The molecule has 4 nitrogen and oxygen atoms in total. The fraction of sp³-hybridized carbons (Fsp3) is 0.158. The van der Waals surface area contributed by atoms with Crippen LogP contribution in [0.3, 0.4) is 0 Å². The molecule has 0 aliphatic carbocycles. The molecule has 0 unspecified atom stereocenters. The van der Waals surface area contributed by atoms with E-state index in [0.717, 1.165) is 10.9 Å². The quantitative estimate of drug-likeness (QED) is 0.682. The molecule has 2 heterocycles. The lowest BCUT2D eigenvalue weighted by molar-refractivity contribution is 0.0161. The summed E-state index contributed by atoms with van der Waals surface area (Å²) in [7, 11) is 0. The minimum Gasteiger partial charge on any atom is -0.471 e. The van der Waals surface area contributed by atoms with Gasteiger partial charge in [-0.25, -0.2) is 4.98 Å². The number of rotatable bonds is 3. The number of benzene rings is 2. The Morgan fingerprint density at radius 1 is 1.08 bits per heavy atom. The van der Waals surface area contributed by atoms with Crippen molar-refractivity contribution in [1.82, 2.24) is 9.88 Å². The molecule has 0 bridgehead atoms. The maximum Gasteiger partial charge on any atom is 0.255 e. The molecule has 1 amide bonds. The van der Waals surface area contributed by atoms with E-state index in [1.54, 1.807) is 23.1 Å². The van der Waals surface area contributed by atoms with Gasteiger partial charge in [-0.1, -0.05) is 41.4 Å². The number of para-hydroxylation sites is 1. The maximum atomic E-state index is 12.5. The monoisotopic (exact) mass is 372 g/mol. The van der Waals surface area contributed by atoms with Crippen LogP contribution in [0.4, 0.5) is 0 Å². The average Bonchev–Trinajstić information content (AvgIpc) is 2.57. The summed E-state index contributed by atoms with van der Waals surface area (Å²) >= 11 is 12.0. The Morgan fingerprint density at radius 2 is 1.88 bits per heavy atom. The van der Waals surface area contributed by atoms with Crippen molar-refractivity contribution in [3.8, 4) is 5.88 Å². The van der Waals surface area contributed by atoms with Gasteiger partial charge in [0.05, 0.1) is 29.2 Å². The number of aromatic nitrogens is 1. The fourth-order valence-corrected chi connectivity index (χ4v) is 3.28. The third kappa shape index (κ3) is 3.28. The average molecular weight is 373 g/mol. The topological polar surface area (TPSA) is 42.4 Å². The van der Waals surface area contributed by atoms with Crippen molar-refractivity contribution in [2.24, 2.45) is 0 Å². The summed E-state index contributed by atoms with van der Waals surface area (Å²) in [6.45, 7) is 1.01. The van der Waals surface area contributed by atoms with Crippen LogP contribution in [0.25, 0.3) is 10.9 Å². The summed E-state index contributed by atoms with van der Waals surface area (Å²) in [5, 5.41) is 1.93. The van der Waals surface area contributed by atoms with Crippen LogP contribution in [-0.4, -0.2) is 35.0 Å². The molecular weight excluding hydrogens is 359 g/mol. The van der Waals surface area contributed by atoms with Gasteiger partial charge in [-0.05, 0) is 30.3 Å². The number of nitrogens with zero attached hydrogens (tertiary/aromatic N) is 2. The number of carbonyl (C=O) groups is 1. The number of carbonyl (C=O) groups excluding carboxylic acids is 1. The van der Waals surface area contributed by atoms with E-state index in [-0.39, 0.29) is 12.0 Å². The van der Waals surface area contributed by atoms with Gasteiger partial charge in [0.15, 0.2) is 0 Å². The molecule has 1 aliphatic rings. The Balaban J connectivity index is 1.40. The molecule has 1 aliphatic heterocycles. The van der Waals surface area contributed by atoms with E-state index in [1.165, 1.54) is 0 Å². The first-order chi connectivity index (χ1) is 12.1. The lowest BCUT2D eigenvalue weighted by Gasteiger charge is -2.38. The zero-order valence-electron chi connectivity index (χ0n) is 13.2. The van der Waals surface area contributed by atoms with Gasteiger partial charge >= 0.3 is 0 Å². The second kappa shape index (κ2) is 6.54. The number of pyridine rings is 1. The van der Waals surface area contributed by atoms with Gasteiger partial charge in [0.25, 0.3) is 5.91 Å². The summed E-state index contributed by atoms with van der Waals surface area (Å²) in [4.78, 5) is 18.6. The van der Waals surface area contributed by atoms with Crippen LogP contribution in [0.2, 0.25) is 10.0 Å². The summed E-state index contributed by atoms with van der Waals surface area (Å²) in [5.74, 6) is 0.452. The Hall–Kier alpha value is -2.30. The molecule has 25 heavy (non-hydrogen) atoms. The Kier molecular flexibility index (Phi) is 4.24. The minimum atomic E-state index is -0.118. The Labute approximate surface area is 154 Å². The number of fused-ring (bicyclic) bond motifs is 1. The SMILES string of the molecule is O=C(c1ccc(Cl)cc1Cl)N1CC(Oc2ccc3ccccc3n2)C1. The zero-order valence-corrected chi connectivity index (χ0v) is 14.7. The standard InChI is InChI=1S/C19H14Cl2N2O2/c20-13-6-7-15(16(21)9-13)19(24)23-10-14(11-23)25-18-8-5-12-3-1-2-4-17(12)22-18/h1-9,14H,10-11H2. The highest BCUT2D eigenvalue weighted by atomic mass is 35.5. The second-order valence-corrected chi connectivity index (χ2v) is 6.76. The lowest BCUT2D eigenvalue weighted by atomic mass is 10.1. The van der Waals surface area contributed by atoms with Gasteiger partial charge in [0, 0.05) is 16.5 Å². The first kappa shape index (κ1) is 16.2. The molecule has 1 aromatic heterocycles. The first-order valence-corrected chi connectivity index (χ1v) is 8.62. The van der Waals surface area contributed by atoms with Gasteiger partial charge in [0.1, 0.15) is 6.10 Å². The molecule has 6 heteroatoms. The van der Waals surface area contributed by atoms with Crippen molar-refractivity contribution < 1.29 is 9.53 Å². The Morgan fingerprint density at radius 3 is 2.68 bits per heavy atom. The normalized spacial score (nSPS) is 14.4. The molecule has 0 radical (unpaired) electrons. The lowest BCUT2D eigenvalue weighted by Crippen LogP contribution is -2.56. The number of amides is 1. The van der Waals surface area contributed by atoms with E-state index in [4.69, 9.17) is 27.9 Å². The number of hydrogen-bond acceptors (Lipinski definition) is 3. The Bertz CT molecular complexity index is 955. The van der Waals surface area contributed by atoms with E-state index >= 15 is 0 Å². The molecule has 0 saturated carbocycles. The molecule has 4 rings (SSSR count). The molecule has 0 spiro atoms. The van der Waals surface area contributed by atoms with Crippen LogP contribution < -0.4 is 4.74 Å². The molecule has 0 atom stereocenters. The molecule has 0 N–H and O–H groups in total. The van der Waals surface area contributed by atoms with Crippen LogP contribution in [0.5, 0.6) is 5.88 Å². The van der Waals surface area contributed by atoms with Crippen LogP contribution in [0.1, 0.15) is 10.4 Å². The molecule has 1 fully saturated rings. The van der Waals surface area contributed by atoms with Crippen molar-refractivity contribution in [3.63, 3.8) is 0 Å². The molecule has 1 saturated heterocycles. The third-order valence-corrected chi connectivity index (χ3v) is 4.70. The van der Waals surface area contributed by atoms with E-state index in [9.17, 15) is 4.79 Å². The predicted octanol–water partition coefficient (Wildman–Crippen LogP) is 4.45. The highest BCUT2D eigenvalue weighted by Gasteiger charge is 2.33. The van der Waals surface area contributed by atoms with Crippen molar-refractivity contribution in [2.45, 2.75) is 6.10 Å². The summed E-state index contributed by atoms with van der Waals surface area (Å²) in [6.07, 6.45) is -0.0660. The first-order valence-electron chi connectivity index (χ1n) is 7.87. The van der Waals surface area contributed by atoms with Gasteiger partial charge in [-0.2, -0.15) is 0 Å². The summed E-state index contributed by atoms with van der Waals surface area (Å²) < 4.78 is 5.86. The largest absolute Gasteiger partial charge is 0.471 e. The van der Waals surface area contributed by atoms with Gasteiger partial charge in [0.2, 0.25) is 5.88 Å². The van der Waals surface area contributed by atoms with E-state index in [2.05, 4.69) is 4.98 Å². The van der Waals surface area contributed by atoms with Crippen LogP contribution >= 0.6 is 23.2 Å². The number of ether oxygens (including phenoxy) is 1. The van der Waals surface area contributed by atoms with Gasteiger partial charge in [-0.3, -0.25) is 4.79 Å². The van der Waals surface area contributed by atoms with Crippen molar-refractivity contribution in [1.29, 1.82) is 0 Å². The molecular formula is C19H14Cl2N2O2. The van der Waals surface area contributed by atoms with Gasteiger partial charge in [-0.15, -0.1) is 0 Å². The van der Waals surface area contributed by atoms with Crippen molar-refractivity contribution >= 4 is 40.0 Å². The van der Waals surface area contributed by atoms with Crippen molar-refractivity contribution in [2.75, 3.05) is 13.1 Å². The predicted molar refractivity (Wildman–Crippen MR) is 98.5 cm³/mol. The van der Waals surface area contributed by atoms with E-state index < -0.39 is 0 Å². The van der Waals surface area contributed by atoms with Crippen LogP contribution in [0.15, 0.2) is 54.6 Å². The number of halogens is 2. The maximum absolute atomic E-state index is 12.5. The van der Waals surface area contributed by atoms with Gasteiger partial charge < -0.3 is 9.64 Å². The van der Waals surface area contributed by atoms with Crippen molar-refractivity contribution in [3.05, 3.63) is 70.2 Å². The molecule has 3 aromatic rings. The highest BCUT2D eigenvalue weighted by Crippen LogP contribution is 2.25.